The van der Waals surface area contributed by atoms with Gasteiger partial charge in [-0.25, -0.2) is 14.7 Å². The molecule has 3 heterocycles. The number of nitrogens with one attached hydrogen (secondary N) is 1. The Morgan fingerprint density at radius 1 is 1.50 bits per heavy atom. The van der Waals surface area contributed by atoms with E-state index in [0.717, 1.165) is 23.5 Å². The molecule has 0 aromatic carbocycles. The molecular weight excluding hydrogens is 226 g/mol. The predicted molar refractivity (Wildman–Crippen MR) is 70.7 cm³/mol. The summed E-state index contributed by atoms with van der Waals surface area (Å²) in [5.41, 5.74) is 3.30. The van der Waals surface area contributed by atoms with Crippen LogP contribution in [0.2, 0.25) is 0 Å². The van der Waals surface area contributed by atoms with Gasteiger partial charge in [-0.15, -0.1) is 0 Å². The summed E-state index contributed by atoms with van der Waals surface area (Å²) >= 11 is 0. The quantitative estimate of drug-likeness (QED) is 0.874. The number of hydrogen-bond acceptors (Lipinski definition) is 3. The predicted octanol–water partition coefficient (Wildman–Crippen LogP) is 2.35. The molecule has 0 spiro atoms. The van der Waals surface area contributed by atoms with E-state index in [1.165, 1.54) is 11.9 Å². The molecule has 0 radical (unpaired) electrons. The van der Waals surface area contributed by atoms with Gasteiger partial charge in [0.2, 0.25) is 0 Å². The number of aromatic amines is 1. The first kappa shape index (κ1) is 10.7. The second-order valence-electron chi connectivity index (χ2n) is 4.14. The number of allylic oxidation sites excluding steroid dienone is 4. The van der Waals surface area contributed by atoms with Gasteiger partial charge in [0, 0.05) is 18.1 Å². The van der Waals surface area contributed by atoms with Crippen molar-refractivity contribution in [3.05, 3.63) is 48.2 Å². The molecule has 2 aromatic heterocycles. The molecule has 2 aromatic rings. The molecular formula is C13H13N5. The number of fused-ring (bicyclic) bond motifs is 1. The molecule has 1 aliphatic heterocycles. The van der Waals surface area contributed by atoms with Crippen LogP contribution in [0.25, 0.3) is 5.70 Å². The van der Waals surface area contributed by atoms with E-state index < -0.39 is 0 Å². The third kappa shape index (κ3) is 2.02. The van der Waals surface area contributed by atoms with Crippen LogP contribution in [-0.2, 0) is 6.42 Å². The normalized spacial score (nSPS) is 15.2. The minimum Gasteiger partial charge on any atom is -0.346 e. The zero-order valence-corrected chi connectivity index (χ0v) is 10.0. The molecule has 0 bridgehead atoms. The van der Waals surface area contributed by atoms with E-state index in [4.69, 9.17) is 0 Å². The van der Waals surface area contributed by atoms with Crippen molar-refractivity contribution in [3.8, 4) is 0 Å². The second-order valence-corrected chi connectivity index (χ2v) is 4.14. The minimum atomic E-state index is 0.884. The number of aromatic nitrogens is 4. The maximum absolute atomic E-state index is 4.42. The fourth-order valence-electron chi connectivity index (χ4n) is 1.89. The summed E-state index contributed by atoms with van der Waals surface area (Å²) in [5.74, 6) is 0.938. The van der Waals surface area contributed by atoms with Crippen molar-refractivity contribution in [1.82, 2.24) is 19.7 Å². The first-order valence-electron chi connectivity index (χ1n) is 5.77. The highest BCUT2D eigenvalue weighted by molar-refractivity contribution is 5.87. The fraction of sp³-hybridized carbons (Fsp3) is 0.154. The summed E-state index contributed by atoms with van der Waals surface area (Å²) in [5, 5.41) is 4.09. The van der Waals surface area contributed by atoms with Crippen molar-refractivity contribution in [2.24, 2.45) is 4.99 Å². The van der Waals surface area contributed by atoms with Crippen molar-refractivity contribution < 1.29 is 0 Å². The van der Waals surface area contributed by atoms with Gasteiger partial charge in [0.1, 0.15) is 18.5 Å². The van der Waals surface area contributed by atoms with Crippen LogP contribution in [0.3, 0.4) is 0 Å². The van der Waals surface area contributed by atoms with Gasteiger partial charge >= 0.3 is 0 Å². The van der Waals surface area contributed by atoms with Gasteiger partial charge in [0.25, 0.3) is 0 Å². The van der Waals surface area contributed by atoms with Crippen LogP contribution in [0.4, 0.5) is 5.82 Å². The zero-order valence-electron chi connectivity index (χ0n) is 10.0. The summed E-state index contributed by atoms with van der Waals surface area (Å²) in [6, 6.07) is 2.06. The average Bonchev–Trinajstić information content (AvgIpc) is 3.01. The monoisotopic (exact) mass is 239 g/mol. The van der Waals surface area contributed by atoms with Gasteiger partial charge in [-0.2, -0.15) is 5.10 Å². The molecule has 0 fully saturated rings. The lowest BCUT2D eigenvalue weighted by atomic mass is 10.1. The lowest BCUT2D eigenvalue weighted by Gasteiger charge is -1.99. The molecule has 90 valence electrons. The number of H-pyrrole nitrogens is 1. The highest BCUT2D eigenvalue weighted by Crippen LogP contribution is 2.21. The topological polar surface area (TPSA) is 58.9 Å². The van der Waals surface area contributed by atoms with Crippen LogP contribution in [0.15, 0.2) is 47.6 Å². The van der Waals surface area contributed by atoms with Gasteiger partial charge in [0.05, 0.1) is 0 Å². The smallest absolute Gasteiger partial charge is 0.138 e. The Bertz CT molecular complexity index is 628. The van der Waals surface area contributed by atoms with Crippen molar-refractivity contribution in [3.63, 3.8) is 0 Å². The van der Waals surface area contributed by atoms with Crippen molar-refractivity contribution >= 4 is 17.7 Å². The first-order chi connectivity index (χ1) is 8.83. The molecule has 1 aliphatic rings. The first-order valence-corrected chi connectivity index (χ1v) is 5.77. The molecule has 18 heavy (non-hydrogen) atoms. The van der Waals surface area contributed by atoms with Gasteiger partial charge in [-0.05, 0) is 36.6 Å². The average molecular weight is 239 g/mol. The Labute approximate surface area is 105 Å². The van der Waals surface area contributed by atoms with Crippen LogP contribution in [0, 0.1) is 0 Å². The second kappa shape index (κ2) is 4.44. The molecule has 3 rings (SSSR count). The van der Waals surface area contributed by atoms with Crippen LogP contribution in [0.1, 0.15) is 12.5 Å². The molecule has 0 saturated heterocycles. The lowest BCUT2D eigenvalue weighted by Crippen LogP contribution is -1.94. The van der Waals surface area contributed by atoms with Crippen LogP contribution in [-0.4, -0.2) is 26.0 Å². The fourth-order valence-corrected chi connectivity index (χ4v) is 1.89. The largest absolute Gasteiger partial charge is 0.346 e. The summed E-state index contributed by atoms with van der Waals surface area (Å²) in [4.78, 5) is 11.5. The zero-order chi connectivity index (χ0) is 12.4. The van der Waals surface area contributed by atoms with Crippen LogP contribution < -0.4 is 0 Å². The Morgan fingerprint density at radius 2 is 2.44 bits per heavy atom. The maximum Gasteiger partial charge on any atom is 0.138 e. The number of nitrogens with zero attached hydrogens (tertiary/aromatic N) is 4. The molecule has 5 heteroatoms. The number of rotatable bonds is 2. The lowest BCUT2D eigenvalue weighted by molar-refractivity contribution is 0.894. The van der Waals surface area contributed by atoms with Crippen LogP contribution in [0.5, 0.6) is 0 Å². The maximum atomic E-state index is 4.42. The molecule has 1 N–H and O–H groups in total. The van der Waals surface area contributed by atoms with Crippen molar-refractivity contribution in [2.45, 2.75) is 13.3 Å². The summed E-state index contributed by atoms with van der Waals surface area (Å²) in [6.45, 7) is 1.99. The third-order valence-electron chi connectivity index (χ3n) is 2.86. The molecule has 0 unspecified atom stereocenters. The van der Waals surface area contributed by atoms with Gasteiger partial charge < -0.3 is 4.98 Å². The molecule has 0 aliphatic carbocycles. The highest BCUT2D eigenvalue weighted by atomic mass is 15.3. The summed E-state index contributed by atoms with van der Waals surface area (Å²) in [7, 11) is 0. The van der Waals surface area contributed by atoms with E-state index in [2.05, 4.69) is 32.2 Å². The minimum absolute atomic E-state index is 0.884. The SMILES string of the molecule is C/C(=C\C1=CCc2cc[nH]c2N=C1)n1cncn1. The summed E-state index contributed by atoms with van der Waals surface area (Å²) in [6.07, 6.45) is 12.1. The van der Waals surface area contributed by atoms with Gasteiger partial charge in [-0.3, -0.25) is 0 Å². The third-order valence-corrected chi connectivity index (χ3v) is 2.86. The number of hydrogen-bond donors (Lipinski definition) is 1. The highest BCUT2D eigenvalue weighted by Gasteiger charge is 2.05. The Kier molecular flexibility index (Phi) is 2.64. The van der Waals surface area contributed by atoms with Crippen molar-refractivity contribution in [1.29, 1.82) is 0 Å². The van der Waals surface area contributed by atoms with E-state index in [9.17, 15) is 0 Å². The van der Waals surface area contributed by atoms with E-state index >= 15 is 0 Å². The van der Waals surface area contributed by atoms with Gasteiger partial charge in [-0.1, -0.05) is 6.08 Å². The van der Waals surface area contributed by atoms with Crippen molar-refractivity contribution in [2.75, 3.05) is 0 Å². The standard InChI is InChI=1S/C13H13N5/c1-10(18-9-14-8-17-18)6-11-2-3-12-4-5-15-13(12)16-7-11/h2,4-9,15H,3H2,1H3/b10-6+. The van der Waals surface area contributed by atoms with E-state index in [-0.39, 0.29) is 0 Å². The molecule has 0 atom stereocenters. The molecule has 0 amide bonds. The van der Waals surface area contributed by atoms with E-state index in [1.54, 1.807) is 11.0 Å². The van der Waals surface area contributed by atoms with Crippen LogP contribution >= 0.6 is 0 Å². The Balaban J connectivity index is 1.87. The van der Waals surface area contributed by atoms with E-state index in [0.29, 0.717) is 0 Å². The molecule has 0 saturated carbocycles. The molecule has 5 nitrogen and oxygen atoms in total. The summed E-state index contributed by atoms with van der Waals surface area (Å²) < 4.78 is 1.73. The van der Waals surface area contributed by atoms with E-state index in [1.807, 2.05) is 25.4 Å². The Morgan fingerprint density at radius 3 is 3.28 bits per heavy atom. The van der Waals surface area contributed by atoms with Gasteiger partial charge in [0.15, 0.2) is 0 Å². The number of aliphatic imine (C=N–C) groups is 1. The Hall–Kier alpha value is -2.43.